The van der Waals surface area contributed by atoms with Crippen LogP contribution in [0.2, 0.25) is 5.15 Å². The molecule has 1 unspecified atom stereocenters. The lowest BCUT2D eigenvalue weighted by atomic mass is 10.3. The molecule has 0 aliphatic carbocycles. The molecular formula is C12H13ClN4O2S. The first-order valence-corrected chi connectivity index (χ1v) is 7.24. The number of anilines is 1. The lowest BCUT2D eigenvalue weighted by Gasteiger charge is -2.12. The summed E-state index contributed by atoms with van der Waals surface area (Å²) in [4.78, 5) is 12.1. The fourth-order valence-electron chi connectivity index (χ4n) is 1.47. The smallest absolute Gasteiger partial charge is 0.239 e. The predicted octanol–water partition coefficient (Wildman–Crippen LogP) is 2.94. The Bertz CT molecular complexity index is 587. The lowest BCUT2D eigenvalue weighted by molar-refractivity contribution is -0.115. The molecule has 2 aromatic heterocycles. The van der Waals surface area contributed by atoms with Gasteiger partial charge >= 0.3 is 0 Å². The van der Waals surface area contributed by atoms with E-state index in [2.05, 4.69) is 20.7 Å². The van der Waals surface area contributed by atoms with Gasteiger partial charge in [-0.15, -0.1) is 10.2 Å². The summed E-state index contributed by atoms with van der Waals surface area (Å²) in [7, 11) is 0. The van der Waals surface area contributed by atoms with Crippen molar-refractivity contribution in [2.24, 2.45) is 0 Å². The highest BCUT2D eigenvalue weighted by Gasteiger charge is 2.20. The molecule has 0 spiro atoms. The van der Waals surface area contributed by atoms with Crippen LogP contribution in [-0.2, 0) is 4.79 Å². The van der Waals surface area contributed by atoms with Gasteiger partial charge < -0.3 is 9.84 Å². The summed E-state index contributed by atoms with van der Waals surface area (Å²) < 4.78 is 4.90. The van der Waals surface area contributed by atoms with E-state index in [1.165, 1.54) is 11.8 Å². The zero-order valence-corrected chi connectivity index (χ0v) is 12.5. The van der Waals surface area contributed by atoms with Gasteiger partial charge in [0.05, 0.1) is 5.25 Å². The van der Waals surface area contributed by atoms with Crippen molar-refractivity contribution >= 4 is 35.1 Å². The summed E-state index contributed by atoms with van der Waals surface area (Å²) in [5, 5.41) is 14.8. The maximum atomic E-state index is 12.1. The first-order valence-electron chi connectivity index (χ1n) is 5.98. The zero-order chi connectivity index (χ0) is 14.5. The van der Waals surface area contributed by atoms with Gasteiger partial charge in [0.15, 0.2) is 11.0 Å². The second kappa shape index (κ2) is 6.71. The molecule has 0 fully saturated rings. The molecule has 20 heavy (non-hydrogen) atoms. The summed E-state index contributed by atoms with van der Waals surface area (Å²) >= 11 is 7.00. The third kappa shape index (κ3) is 3.94. The molecule has 2 heterocycles. The highest BCUT2D eigenvalue weighted by atomic mass is 35.5. The summed E-state index contributed by atoms with van der Waals surface area (Å²) in [6, 6.07) is 5.04. The lowest BCUT2D eigenvalue weighted by Crippen LogP contribution is -2.24. The van der Waals surface area contributed by atoms with E-state index in [4.69, 9.17) is 16.1 Å². The Hall–Kier alpha value is -1.60. The van der Waals surface area contributed by atoms with E-state index in [0.717, 1.165) is 0 Å². The molecule has 0 radical (unpaired) electrons. The first kappa shape index (κ1) is 14.8. The molecule has 0 aromatic carbocycles. The summed E-state index contributed by atoms with van der Waals surface area (Å²) in [5.74, 6) is 0.904. The number of nitrogens with zero attached hydrogens (tertiary/aromatic N) is 3. The highest BCUT2D eigenvalue weighted by Crippen LogP contribution is 2.24. The van der Waals surface area contributed by atoms with Gasteiger partial charge in [-0.3, -0.25) is 4.79 Å². The molecule has 0 saturated heterocycles. The van der Waals surface area contributed by atoms with Crippen molar-refractivity contribution in [1.82, 2.24) is 15.4 Å². The van der Waals surface area contributed by atoms with Crippen molar-refractivity contribution in [3.63, 3.8) is 0 Å². The van der Waals surface area contributed by atoms with Gasteiger partial charge in [0, 0.05) is 6.07 Å². The van der Waals surface area contributed by atoms with E-state index >= 15 is 0 Å². The van der Waals surface area contributed by atoms with Crippen LogP contribution in [0.4, 0.5) is 5.82 Å². The van der Waals surface area contributed by atoms with Crippen LogP contribution in [0.15, 0.2) is 27.7 Å². The maximum Gasteiger partial charge on any atom is 0.239 e. The molecule has 2 aromatic rings. The van der Waals surface area contributed by atoms with Crippen molar-refractivity contribution in [2.45, 2.75) is 30.5 Å². The van der Waals surface area contributed by atoms with E-state index in [1.54, 1.807) is 25.1 Å². The van der Waals surface area contributed by atoms with Crippen LogP contribution in [0.1, 0.15) is 19.1 Å². The van der Waals surface area contributed by atoms with Crippen molar-refractivity contribution in [3.8, 4) is 0 Å². The Morgan fingerprint density at radius 3 is 2.85 bits per heavy atom. The van der Waals surface area contributed by atoms with E-state index in [0.29, 0.717) is 28.2 Å². The largest absolute Gasteiger partial charge is 0.360 e. The summed E-state index contributed by atoms with van der Waals surface area (Å²) in [6.45, 7) is 3.69. The zero-order valence-electron chi connectivity index (χ0n) is 11.0. The van der Waals surface area contributed by atoms with Gasteiger partial charge in [-0.1, -0.05) is 35.4 Å². The average Bonchev–Trinajstić information content (AvgIpc) is 2.83. The molecule has 0 saturated carbocycles. The van der Waals surface area contributed by atoms with Gasteiger partial charge in [-0.25, -0.2) is 0 Å². The molecule has 0 aliphatic heterocycles. The number of carbonyl (C=O) groups is 1. The molecule has 1 atom stereocenters. The summed E-state index contributed by atoms with van der Waals surface area (Å²) in [6.07, 6.45) is 0.650. The number of halogens is 1. The Balaban J connectivity index is 2.00. The minimum Gasteiger partial charge on any atom is -0.360 e. The Morgan fingerprint density at radius 1 is 1.50 bits per heavy atom. The normalized spacial score (nSPS) is 12.2. The van der Waals surface area contributed by atoms with Crippen LogP contribution in [0.25, 0.3) is 0 Å². The quantitative estimate of drug-likeness (QED) is 0.855. The fourth-order valence-corrected chi connectivity index (χ4v) is 2.43. The minimum absolute atomic E-state index is 0.150. The maximum absolute atomic E-state index is 12.1. The second-order valence-electron chi connectivity index (χ2n) is 4.02. The van der Waals surface area contributed by atoms with Crippen molar-refractivity contribution < 1.29 is 9.32 Å². The predicted molar refractivity (Wildman–Crippen MR) is 76.8 cm³/mol. The number of carbonyl (C=O) groups excluding carboxylic acids is 1. The van der Waals surface area contributed by atoms with Gasteiger partial charge in [0.2, 0.25) is 5.91 Å². The minimum atomic E-state index is -0.289. The number of thioether (sulfide) groups is 1. The van der Waals surface area contributed by atoms with Crippen LogP contribution >= 0.6 is 23.4 Å². The number of aromatic nitrogens is 3. The topological polar surface area (TPSA) is 80.9 Å². The number of hydrogen-bond acceptors (Lipinski definition) is 6. The molecular weight excluding hydrogens is 300 g/mol. The van der Waals surface area contributed by atoms with E-state index in [-0.39, 0.29) is 11.2 Å². The van der Waals surface area contributed by atoms with Crippen LogP contribution < -0.4 is 5.32 Å². The Kier molecular flexibility index (Phi) is 4.97. The van der Waals surface area contributed by atoms with Gasteiger partial charge in [-0.2, -0.15) is 0 Å². The standard InChI is InChI=1S/C12H13ClN4O2S/c1-3-8(20-11-5-4-9(13)15-16-11)12(18)14-10-6-7(2)19-17-10/h4-6,8H,3H2,1-2H3,(H,14,17,18). The van der Waals surface area contributed by atoms with Gasteiger partial charge in [0.1, 0.15) is 10.8 Å². The van der Waals surface area contributed by atoms with Gasteiger partial charge in [0.25, 0.3) is 0 Å². The monoisotopic (exact) mass is 312 g/mol. The number of amides is 1. The summed E-state index contributed by atoms with van der Waals surface area (Å²) in [5.41, 5.74) is 0. The molecule has 0 aliphatic rings. The SMILES string of the molecule is CCC(Sc1ccc(Cl)nn1)C(=O)Nc1cc(C)on1. The van der Waals surface area contributed by atoms with Crippen molar-refractivity contribution in [3.05, 3.63) is 29.1 Å². The molecule has 8 heteroatoms. The first-order chi connectivity index (χ1) is 9.58. The molecule has 106 valence electrons. The van der Waals surface area contributed by atoms with Crippen LogP contribution in [0.3, 0.4) is 0 Å². The number of nitrogens with one attached hydrogen (secondary N) is 1. The highest BCUT2D eigenvalue weighted by molar-refractivity contribution is 8.00. The molecule has 1 amide bonds. The van der Waals surface area contributed by atoms with Crippen molar-refractivity contribution in [2.75, 3.05) is 5.32 Å². The molecule has 6 nitrogen and oxygen atoms in total. The average molecular weight is 313 g/mol. The Labute approximate surface area is 125 Å². The number of hydrogen-bond donors (Lipinski definition) is 1. The van der Waals surface area contributed by atoms with Crippen LogP contribution in [0.5, 0.6) is 0 Å². The molecule has 2 rings (SSSR count). The number of aryl methyl sites for hydroxylation is 1. The van der Waals surface area contributed by atoms with Crippen LogP contribution in [0, 0.1) is 6.92 Å². The fraction of sp³-hybridized carbons (Fsp3) is 0.333. The van der Waals surface area contributed by atoms with Crippen LogP contribution in [-0.4, -0.2) is 26.5 Å². The van der Waals surface area contributed by atoms with E-state index in [1.807, 2.05) is 6.92 Å². The van der Waals surface area contributed by atoms with Gasteiger partial charge in [-0.05, 0) is 25.5 Å². The molecule has 1 N–H and O–H groups in total. The third-order valence-corrected chi connectivity index (χ3v) is 3.91. The number of rotatable bonds is 5. The van der Waals surface area contributed by atoms with E-state index < -0.39 is 0 Å². The second-order valence-corrected chi connectivity index (χ2v) is 5.63. The van der Waals surface area contributed by atoms with E-state index in [9.17, 15) is 4.79 Å². The van der Waals surface area contributed by atoms with Crippen molar-refractivity contribution in [1.29, 1.82) is 0 Å². The Morgan fingerprint density at radius 2 is 2.30 bits per heavy atom. The third-order valence-electron chi connectivity index (χ3n) is 2.41. The molecule has 0 bridgehead atoms.